The molecule has 7 nitrogen and oxygen atoms in total. The third-order valence-electron chi connectivity index (χ3n) is 6.39. The lowest BCUT2D eigenvalue weighted by molar-refractivity contribution is 0.122. The molecule has 0 unspecified atom stereocenters. The van der Waals surface area contributed by atoms with E-state index in [1.807, 2.05) is 36.5 Å². The minimum absolute atomic E-state index is 0.173. The molecule has 1 aliphatic rings. The molecule has 2 aromatic heterocycles. The Morgan fingerprint density at radius 3 is 2.44 bits per heavy atom. The summed E-state index contributed by atoms with van der Waals surface area (Å²) >= 11 is 0. The van der Waals surface area contributed by atoms with E-state index < -0.39 is 0 Å². The highest BCUT2D eigenvalue weighted by atomic mass is 16.5. The van der Waals surface area contributed by atoms with Crippen molar-refractivity contribution in [2.24, 2.45) is 0 Å². The van der Waals surface area contributed by atoms with E-state index in [-0.39, 0.29) is 6.01 Å². The zero-order chi connectivity index (χ0) is 23.1. The summed E-state index contributed by atoms with van der Waals surface area (Å²) in [6.07, 6.45) is 2.84. The number of nitrogens with zero attached hydrogens (tertiary/aromatic N) is 4. The van der Waals surface area contributed by atoms with Crippen LogP contribution >= 0.6 is 0 Å². The van der Waals surface area contributed by atoms with Crippen molar-refractivity contribution >= 4 is 33.8 Å². The number of aryl methyl sites for hydroxylation is 1. The topological polar surface area (TPSA) is 90.3 Å². The first-order chi connectivity index (χ1) is 16.7. The highest BCUT2D eigenvalue weighted by Gasteiger charge is 2.16. The normalized spacial score (nSPS) is 14.2. The number of hydrogen-bond donors (Lipinski definition) is 1. The Morgan fingerprint density at radius 1 is 0.853 bits per heavy atom. The summed E-state index contributed by atoms with van der Waals surface area (Å²) in [6.45, 7) is 5.54. The maximum Gasteiger partial charge on any atom is 0.292 e. The van der Waals surface area contributed by atoms with E-state index in [9.17, 15) is 0 Å². The van der Waals surface area contributed by atoms with Crippen molar-refractivity contribution in [1.29, 1.82) is 0 Å². The Balaban J connectivity index is 1.39. The number of ether oxygens (including phenoxy) is 1. The van der Waals surface area contributed by atoms with Gasteiger partial charge in [0, 0.05) is 24.3 Å². The van der Waals surface area contributed by atoms with Gasteiger partial charge in [0.1, 0.15) is 5.52 Å². The maximum atomic E-state index is 5.70. The van der Waals surface area contributed by atoms with Crippen LogP contribution in [0.2, 0.25) is 0 Å². The van der Waals surface area contributed by atoms with Gasteiger partial charge in [-0.05, 0) is 53.4 Å². The predicted molar refractivity (Wildman–Crippen MR) is 135 cm³/mol. The van der Waals surface area contributed by atoms with E-state index >= 15 is 0 Å². The first kappa shape index (κ1) is 20.6. The second kappa shape index (κ2) is 8.43. The molecule has 170 valence electrons. The predicted octanol–water partition coefficient (Wildman–Crippen LogP) is 5.09. The molecule has 0 radical (unpaired) electrons. The Kier molecular flexibility index (Phi) is 5.11. The molecular formula is C27H25N5O2. The van der Waals surface area contributed by atoms with Crippen LogP contribution in [0.4, 0.5) is 11.7 Å². The van der Waals surface area contributed by atoms with Crippen molar-refractivity contribution in [2.75, 3.05) is 36.9 Å². The summed E-state index contributed by atoms with van der Waals surface area (Å²) in [6, 6.07) is 18.8. The highest BCUT2D eigenvalue weighted by Crippen LogP contribution is 2.31. The molecule has 34 heavy (non-hydrogen) atoms. The fraction of sp³-hybridized carbons (Fsp3) is 0.222. The number of benzene rings is 3. The molecular weight excluding hydrogens is 426 g/mol. The molecule has 5 aromatic rings. The Morgan fingerprint density at radius 2 is 1.62 bits per heavy atom. The molecule has 2 N–H and O–H groups in total. The number of morpholine rings is 1. The maximum absolute atomic E-state index is 5.70. The molecule has 0 saturated carbocycles. The van der Waals surface area contributed by atoms with Gasteiger partial charge in [0.25, 0.3) is 6.01 Å². The van der Waals surface area contributed by atoms with E-state index in [1.165, 1.54) is 11.3 Å². The summed E-state index contributed by atoms with van der Waals surface area (Å²) in [7, 11) is 0. The minimum atomic E-state index is 0.173. The fourth-order valence-electron chi connectivity index (χ4n) is 4.58. The van der Waals surface area contributed by atoms with Crippen molar-refractivity contribution in [2.45, 2.75) is 13.3 Å². The largest absolute Gasteiger partial charge is 0.424 e. The van der Waals surface area contributed by atoms with Gasteiger partial charge in [-0.3, -0.25) is 4.98 Å². The molecule has 0 atom stereocenters. The van der Waals surface area contributed by atoms with Crippen LogP contribution in [-0.2, 0) is 11.2 Å². The third kappa shape index (κ3) is 3.74. The van der Waals surface area contributed by atoms with Crippen LogP contribution in [0.1, 0.15) is 12.5 Å². The lowest BCUT2D eigenvalue weighted by Gasteiger charge is -2.31. The van der Waals surface area contributed by atoms with Crippen LogP contribution in [-0.4, -0.2) is 41.3 Å². The summed E-state index contributed by atoms with van der Waals surface area (Å²) < 4.78 is 10.9. The van der Waals surface area contributed by atoms with Crippen molar-refractivity contribution in [3.05, 3.63) is 66.4 Å². The van der Waals surface area contributed by atoms with Crippen LogP contribution in [0.3, 0.4) is 0 Å². The molecule has 0 amide bonds. The van der Waals surface area contributed by atoms with Gasteiger partial charge in [-0.25, -0.2) is 4.98 Å². The molecule has 7 heteroatoms. The van der Waals surface area contributed by atoms with Gasteiger partial charge in [0.2, 0.25) is 0 Å². The van der Waals surface area contributed by atoms with E-state index in [4.69, 9.17) is 24.9 Å². The van der Waals surface area contributed by atoms with Crippen LogP contribution in [0.5, 0.6) is 0 Å². The van der Waals surface area contributed by atoms with Crippen LogP contribution in [0, 0.1) is 0 Å². The zero-order valence-corrected chi connectivity index (χ0v) is 19.0. The van der Waals surface area contributed by atoms with Gasteiger partial charge in [0.05, 0.1) is 36.1 Å². The first-order valence-electron chi connectivity index (χ1n) is 11.6. The molecule has 0 aliphatic carbocycles. The highest BCUT2D eigenvalue weighted by molar-refractivity contribution is 5.86. The number of hydrogen-bond acceptors (Lipinski definition) is 7. The van der Waals surface area contributed by atoms with Gasteiger partial charge in [-0.2, -0.15) is 4.98 Å². The summed E-state index contributed by atoms with van der Waals surface area (Å²) in [4.78, 5) is 16.3. The molecule has 0 spiro atoms. The number of aromatic nitrogens is 3. The average Bonchev–Trinajstić information content (AvgIpc) is 3.27. The van der Waals surface area contributed by atoms with Gasteiger partial charge in [0.15, 0.2) is 5.58 Å². The van der Waals surface area contributed by atoms with E-state index in [0.717, 1.165) is 71.7 Å². The molecule has 1 saturated heterocycles. The molecule has 3 heterocycles. The Hall–Kier alpha value is -3.97. The zero-order valence-electron chi connectivity index (χ0n) is 19.0. The van der Waals surface area contributed by atoms with E-state index in [2.05, 4.69) is 41.1 Å². The van der Waals surface area contributed by atoms with Gasteiger partial charge >= 0.3 is 0 Å². The Bertz CT molecular complexity index is 1500. The van der Waals surface area contributed by atoms with E-state index in [0.29, 0.717) is 5.58 Å². The molecule has 0 bridgehead atoms. The summed E-state index contributed by atoms with van der Waals surface area (Å²) in [5.74, 6) is 0. The smallest absolute Gasteiger partial charge is 0.292 e. The number of oxazole rings is 1. The van der Waals surface area contributed by atoms with Gasteiger partial charge < -0.3 is 19.8 Å². The van der Waals surface area contributed by atoms with Crippen LogP contribution in [0.15, 0.2) is 65.2 Å². The van der Waals surface area contributed by atoms with E-state index in [1.54, 1.807) is 0 Å². The number of nitrogens with two attached hydrogens (primary N) is 1. The Labute approximate surface area is 197 Å². The molecule has 3 aromatic carbocycles. The van der Waals surface area contributed by atoms with Crippen molar-refractivity contribution in [3.63, 3.8) is 0 Å². The number of nitrogen functional groups attached to an aromatic ring is 1. The number of anilines is 2. The SMILES string of the molecule is CCc1ccc(-c2cnc3ccc(-c4ccc5oc(N)nc5c4)cc3n2)cc1N1CCOCC1. The van der Waals surface area contributed by atoms with Crippen molar-refractivity contribution in [1.82, 2.24) is 15.0 Å². The monoisotopic (exact) mass is 451 g/mol. The van der Waals surface area contributed by atoms with Crippen LogP contribution < -0.4 is 10.6 Å². The standard InChI is InChI=1S/C27H25N5O2/c1-2-17-3-4-20(15-25(17)32-9-11-33-12-10-32)24-16-29-21-7-5-18(13-22(21)30-24)19-6-8-26-23(14-19)31-27(28)34-26/h3-8,13-16H,2,9-12H2,1H3,(H2,28,31). The number of fused-ring (bicyclic) bond motifs is 2. The van der Waals surface area contributed by atoms with Gasteiger partial charge in [-0.15, -0.1) is 0 Å². The average molecular weight is 452 g/mol. The quantitative estimate of drug-likeness (QED) is 0.407. The van der Waals surface area contributed by atoms with Crippen molar-refractivity contribution < 1.29 is 9.15 Å². The lowest BCUT2D eigenvalue weighted by atomic mass is 10.0. The summed E-state index contributed by atoms with van der Waals surface area (Å²) in [5.41, 5.74) is 15.4. The lowest BCUT2D eigenvalue weighted by Crippen LogP contribution is -2.36. The second-order valence-corrected chi connectivity index (χ2v) is 8.49. The second-order valence-electron chi connectivity index (χ2n) is 8.49. The van der Waals surface area contributed by atoms with Crippen LogP contribution in [0.25, 0.3) is 44.5 Å². The first-order valence-corrected chi connectivity index (χ1v) is 11.6. The molecule has 1 fully saturated rings. The van der Waals surface area contributed by atoms with Crippen molar-refractivity contribution in [3.8, 4) is 22.4 Å². The molecule has 1 aliphatic heterocycles. The van der Waals surface area contributed by atoms with Gasteiger partial charge in [-0.1, -0.05) is 31.2 Å². The fourth-order valence-corrected chi connectivity index (χ4v) is 4.58. The summed E-state index contributed by atoms with van der Waals surface area (Å²) in [5, 5.41) is 0. The molecule has 6 rings (SSSR count). The minimum Gasteiger partial charge on any atom is -0.424 e. The number of rotatable bonds is 4. The third-order valence-corrected chi connectivity index (χ3v) is 6.39.